The number of hydrogen-bond donors (Lipinski definition) is 0. The first-order valence-corrected chi connectivity index (χ1v) is 4.83. The van der Waals surface area contributed by atoms with Crippen molar-refractivity contribution in [3.8, 4) is 0 Å². The molecule has 0 aromatic carbocycles. The minimum atomic E-state index is -0.405. The Morgan fingerprint density at radius 2 is 2.08 bits per heavy atom. The fraction of sp³-hybridized carbons (Fsp3) is 0.900. The first-order valence-electron chi connectivity index (χ1n) is 4.83. The van der Waals surface area contributed by atoms with Gasteiger partial charge in [0.15, 0.2) is 6.10 Å². The molecule has 1 heterocycles. The highest BCUT2D eigenvalue weighted by molar-refractivity contribution is 5.75. The molecular weight excluding hydrogens is 168 g/mol. The number of carbonyl (C=O) groups excluding carboxylic acids is 1. The number of rotatable bonds is 1. The van der Waals surface area contributed by atoms with Crippen molar-refractivity contribution in [3.05, 3.63) is 0 Å². The van der Waals surface area contributed by atoms with Crippen LogP contribution >= 0.6 is 0 Å². The van der Waals surface area contributed by atoms with Gasteiger partial charge in [0.05, 0.1) is 0 Å². The highest BCUT2D eigenvalue weighted by Crippen LogP contribution is 2.17. The van der Waals surface area contributed by atoms with Crippen LogP contribution < -0.4 is 0 Å². The average Bonchev–Trinajstić information content (AvgIpc) is 2.03. The van der Waals surface area contributed by atoms with Crippen molar-refractivity contribution in [2.45, 2.75) is 51.7 Å². The van der Waals surface area contributed by atoms with Gasteiger partial charge in [0.1, 0.15) is 5.60 Å². The van der Waals surface area contributed by atoms with E-state index in [0.29, 0.717) is 6.61 Å². The van der Waals surface area contributed by atoms with Gasteiger partial charge in [0, 0.05) is 6.61 Å². The van der Waals surface area contributed by atoms with Crippen molar-refractivity contribution in [2.75, 3.05) is 6.61 Å². The highest BCUT2D eigenvalue weighted by Gasteiger charge is 2.27. The summed E-state index contributed by atoms with van der Waals surface area (Å²) in [6.07, 6.45) is 2.59. The van der Waals surface area contributed by atoms with Crippen LogP contribution in [-0.4, -0.2) is 24.3 Å². The summed E-state index contributed by atoms with van der Waals surface area (Å²) >= 11 is 0. The normalized spacial score (nSPS) is 24.1. The maximum absolute atomic E-state index is 11.5. The lowest BCUT2D eigenvalue weighted by molar-refractivity contribution is -0.171. The van der Waals surface area contributed by atoms with Crippen molar-refractivity contribution in [1.29, 1.82) is 0 Å². The summed E-state index contributed by atoms with van der Waals surface area (Å²) < 4.78 is 10.5. The molecule has 0 radical (unpaired) electrons. The van der Waals surface area contributed by atoms with Crippen LogP contribution in [0.2, 0.25) is 0 Å². The SMILES string of the molecule is CC(C)(C)OC(=O)[C@@H]1CCCCO1. The Hall–Kier alpha value is -0.570. The smallest absolute Gasteiger partial charge is 0.335 e. The molecule has 1 saturated heterocycles. The Labute approximate surface area is 79.4 Å². The molecule has 3 heteroatoms. The van der Waals surface area contributed by atoms with Gasteiger partial charge in [-0.05, 0) is 40.0 Å². The fourth-order valence-corrected chi connectivity index (χ4v) is 1.29. The Balaban J connectivity index is 2.38. The van der Waals surface area contributed by atoms with Crippen molar-refractivity contribution >= 4 is 5.97 Å². The van der Waals surface area contributed by atoms with Gasteiger partial charge in [-0.2, -0.15) is 0 Å². The zero-order valence-corrected chi connectivity index (χ0v) is 8.63. The lowest BCUT2D eigenvalue weighted by Crippen LogP contribution is -2.35. The predicted octanol–water partition coefficient (Wildman–Crippen LogP) is 1.90. The molecule has 1 rings (SSSR count). The van der Waals surface area contributed by atoms with Gasteiger partial charge in [-0.15, -0.1) is 0 Å². The molecule has 1 atom stereocenters. The van der Waals surface area contributed by atoms with Crippen LogP contribution in [0.3, 0.4) is 0 Å². The van der Waals surface area contributed by atoms with E-state index in [0.717, 1.165) is 19.3 Å². The van der Waals surface area contributed by atoms with Gasteiger partial charge < -0.3 is 9.47 Å². The molecule has 0 N–H and O–H groups in total. The van der Waals surface area contributed by atoms with E-state index < -0.39 is 5.60 Å². The van der Waals surface area contributed by atoms with Crippen molar-refractivity contribution in [2.24, 2.45) is 0 Å². The summed E-state index contributed by atoms with van der Waals surface area (Å²) in [7, 11) is 0. The summed E-state index contributed by atoms with van der Waals surface area (Å²) in [5, 5.41) is 0. The van der Waals surface area contributed by atoms with Gasteiger partial charge in [0.2, 0.25) is 0 Å². The molecule has 76 valence electrons. The summed E-state index contributed by atoms with van der Waals surface area (Å²) in [4.78, 5) is 11.5. The Morgan fingerprint density at radius 1 is 1.38 bits per heavy atom. The molecule has 1 aliphatic rings. The van der Waals surface area contributed by atoms with Crippen LogP contribution in [0.15, 0.2) is 0 Å². The van der Waals surface area contributed by atoms with E-state index >= 15 is 0 Å². The summed E-state index contributed by atoms with van der Waals surface area (Å²) in [6.45, 7) is 6.29. The molecule has 1 fully saturated rings. The molecule has 1 aliphatic heterocycles. The van der Waals surface area contributed by atoms with Gasteiger partial charge >= 0.3 is 5.97 Å². The van der Waals surface area contributed by atoms with E-state index in [9.17, 15) is 4.79 Å². The second kappa shape index (κ2) is 4.09. The second-order valence-electron chi connectivity index (χ2n) is 4.39. The molecule has 0 bridgehead atoms. The quantitative estimate of drug-likeness (QED) is 0.587. The third kappa shape index (κ3) is 3.77. The van der Waals surface area contributed by atoms with E-state index in [4.69, 9.17) is 9.47 Å². The maximum atomic E-state index is 11.5. The van der Waals surface area contributed by atoms with Gasteiger partial charge in [-0.3, -0.25) is 0 Å². The standard InChI is InChI=1S/C10H18O3/c1-10(2,3)13-9(11)8-6-4-5-7-12-8/h8H,4-7H2,1-3H3/t8-/m0/s1. The fourth-order valence-electron chi connectivity index (χ4n) is 1.29. The van der Waals surface area contributed by atoms with Gasteiger partial charge in [-0.1, -0.05) is 0 Å². The predicted molar refractivity (Wildman–Crippen MR) is 49.4 cm³/mol. The summed E-state index contributed by atoms with van der Waals surface area (Å²) in [6, 6.07) is 0. The van der Waals surface area contributed by atoms with Gasteiger partial charge in [-0.25, -0.2) is 4.79 Å². The Bertz CT molecular complexity index is 175. The number of hydrogen-bond acceptors (Lipinski definition) is 3. The molecule has 3 nitrogen and oxygen atoms in total. The molecule has 13 heavy (non-hydrogen) atoms. The minimum Gasteiger partial charge on any atom is -0.458 e. The third-order valence-corrected chi connectivity index (χ3v) is 1.85. The van der Waals surface area contributed by atoms with Crippen LogP contribution in [0, 0.1) is 0 Å². The van der Waals surface area contributed by atoms with E-state index in [1.165, 1.54) is 0 Å². The maximum Gasteiger partial charge on any atom is 0.335 e. The van der Waals surface area contributed by atoms with Crippen LogP contribution in [0.5, 0.6) is 0 Å². The monoisotopic (exact) mass is 186 g/mol. The molecule has 0 aromatic rings. The topological polar surface area (TPSA) is 35.5 Å². The third-order valence-electron chi connectivity index (χ3n) is 1.85. The van der Waals surface area contributed by atoms with Crippen molar-refractivity contribution < 1.29 is 14.3 Å². The first kappa shape index (κ1) is 10.5. The zero-order chi connectivity index (χ0) is 9.90. The highest BCUT2D eigenvalue weighted by atomic mass is 16.6. The molecular formula is C10H18O3. The second-order valence-corrected chi connectivity index (χ2v) is 4.39. The summed E-state index contributed by atoms with van der Waals surface area (Å²) in [5.41, 5.74) is -0.405. The Kier molecular flexibility index (Phi) is 3.31. The largest absolute Gasteiger partial charge is 0.458 e. The van der Waals surface area contributed by atoms with Crippen LogP contribution in [0.4, 0.5) is 0 Å². The lowest BCUT2D eigenvalue weighted by atomic mass is 10.1. The van der Waals surface area contributed by atoms with Crippen LogP contribution in [0.25, 0.3) is 0 Å². The van der Waals surface area contributed by atoms with E-state index in [2.05, 4.69) is 0 Å². The average molecular weight is 186 g/mol. The van der Waals surface area contributed by atoms with E-state index in [-0.39, 0.29) is 12.1 Å². The van der Waals surface area contributed by atoms with Crippen molar-refractivity contribution in [3.63, 3.8) is 0 Å². The molecule has 0 amide bonds. The molecule has 0 spiro atoms. The molecule has 0 unspecified atom stereocenters. The number of esters is 1. The van der Waals surface area contributed by atoms with E-state index in [1.54, 1.807) is 0 Å². The van der Waals surface area contributed by atoms with Gasteiger partial charge in [0.25, 0.3) is 0 Å². The summed E-state index contributed by atoms with van der Waals surface area (Å²) in [5.74, 6) is -0.216. The molecule has 0 aromatic heterocycles. The molecule has 0 aliphatic carbocycles. The lowest BCUT2D eigenvalue weighted by Gasteiger charge is -2.26. The minimum absolute atomic E-state index is 0.216. The number of carbonyl (C=O) groups is 1. The Morgan fingerprint density at radius 3 is 2.54 bits per heavy atom. The van der Waals surface area contributed by atoms with Crippen LogP contribution in [0.1, 0.15) is 40.0 Å². The zero-order valence-electron chi connectivity index (χ0n) is 8.63. The molecule has 0 saturated carbocycles. The first-order chi connectivity index (χ1) is 5.99. The number of ether oxygens (including phenoxy) is 2. The van der Waals surface area contributed by atoms with Crippen molar-refractivity contribution in [1.82, 2.24) is 0 Å². The van der Waals surface area contributed by atoms with Crippen LogP contribution in [-0.2, 0) is 14.3 Å². The van der Waals surface area contributed by atoms with E-state index in [1.807, 2.05) is 20.8 Å².